The van der Waals surface area contributed by atoms with Gasteiger partial charge in [-0.3, -0.25) is 9.59 Å². The van der Waals surface area contributed by atoms with Crippen LogP contribution in [0.25, 0.3) is 0 Å². The highest BCUT2D eigenvalue weighted by atomic mass is 16.2. The summed E-state index contributed by atoms with van der Waals surface area (Å²) in [5.74, 6) is -0.253. The molecular weight excluding hydrogens is 312 g/mol. The number of carbonyl (C=O) groups is 2. The van der Waals surface area contributed by atoms with E-state index in [4.69, 9.17) is 0 Å². The molecular formula is C21H24N2O2. The van der Waals surface area contributed by atoms with Gasteiger partial charge in [0.25, 0.3) is 0 Å². The van der Waals surface area contributed by atoms with E-state index in [1.54, 1.807) is 11.9 Å². The van der Waals surface area contributed by atoms with Crippen LogP contribution in [0.2, 0.25) is 0 Å². The molecule has 0 aliphatic heterocycles. The van der Waals surface area contributed by atoms with E-state index in [2.05, 4.69) is 0 Å². The second-order valence-electron chi connectivity index (χ2n) is 6.52. The fraction of sp³-hybridized carbons (Fsp3) is 0.333. The van der Waals surface area contributed by atoms with Crippen LogP contribution in [0.1, 0.15) is 18.9 Å². The summed E-state index contributed by atoms with van der Waals surface area (Å²) < 4.78 is 0. The van der Waals surface area contributed by atoms with Gasteiger partial charge in [0.1, 0.15) is 0 Å². The molecule has 130 valence electrons. The van der Waals surface area contributed by atoms with Crippen LogP contribution in [0, 0.1) is 11.8 Å². The van der Waals surface area contributed by atoms with Crippen LogP contribution in [0.15, 0.2) is 60.7 Å². The van der Waals surface area contributed by atoms with Gasteiger partial charge in [-0.2, -0.15) is 0 Å². The molecule has 0 heterocycles. The summed E-state index contributed by atoms with van der Waals surface area (Å²) in [6.07, 6.45) is 0.653. The smallest absolute Gasteiger partial charge is 0.230 e. The normalized spacial score (nSPS) is 18.5. The number of amides is 2. The van der Waals surface area contributed by atoms with Crippen molar-refractivity contribution in [1.29, 1.82) is 0 Å². The van der Waals surface area contributed by atoms with Crippen molar-refractivity contribution >= 4 is 17.5 Å². The van der Waals surface area contributed by atoms with E-state index >= 15 is 0 Å². The van der Waals surface area contributed by atoms with Crippen molar-refractivity contribution in [1.82, 2.24) is 4.90 Å². The summed E-state index contributed by atoms with van der Waals surface area (Å²) in [5, 5.41) is 0. The zero-order valence-electron chi connectivity index (χ0n) is 14.8. The molecule has 0 radical (unpaired) electrons. The van der Waals surface area contributed by atoms with Gasteiger partial charge in [0.15, 0.2) is 0 Å². The molecule has 1 aliphatic rings. The Balaban J connectivity index is 1.61. The monoisotopic (exact) mass is 336 g/mol. The third-order valence-electron chi connectivity index (χ3n) is 4.81. The summed E-state index contributed by atoms with van der Waals surface area (Å²) in [4.78, 5) is 28.9. The Labute approximate surface area is 149 Å². The number of rotatable bonds is 6. The molecule has 25 heavy (non-hydrogen) atoms. The standard InChI is InChI=1S/C21H24N2O2/c1-3-23(15-16-10-6-4-7-11-16)21(25)19-14-18(19)20(24)22(2)17-12-8-5-9-13-17/h4-13,18-19H,3,14-15H2,1-2H3. The van der Waals surface area contributed by atoms with E-state index in [1.807, 2.05) is 72.5 Å². The molecule has 1 saturated carbocycles. The highest BCUT2D eigenvalue weighted by Crippen LogP contribution is 2.42. The average molecular weight is 336 g/mol. The van der Waals surface area contributed by atoms with Crippen LogP contribution >= 0.6 is 0 Å². The molecule has 0 saturated heterocycles. The van der Waals surface area contributed by atoms with Crippen LogP contribution < -0.4 is 4.90 Å². The van der Waals surface area contributed by atoms with E-state index in [1.165, 1.54) is 0 Å². The topological polar surface area (TPSA) is 40.6 Å². The third-order valence-corrected chi connectivity index (χ3v) is 4.81. The number of para-hydroxylation sites is 1. The second-order valence-corrected chi connectivity index (χ2v) is 6.52. The molecule has 0 N–H and O–H groups in total. The largest absolute Gasteiger partial charge is 0.338 e. The van der Waals surface area contributed by atoms with Crippen LogP contribution in [0.5, 0.6) is 0 Å². The summed E-state index contributed by atoms with van der Waals surface area (Å²) in [6.45, 7) is 3.23. The lowest BCUT2D eigenvalue weighted by Crippen LogP contribution is -2.34. The first-order valence-corrected chi connectivity index (χ1v) is 8.77. The zero-order valence-corrected chi connectivity index (χ0v) is 14.8. The van der Waals surface area contributed by atoms with Gasteiger partial charge >= 0.3 is 0 Å². The molecule has 2 atom stereocenters. The molecule has 2 aromatic rings. The van der Waals surface area contributed by atoms with Gasteiger partial charge in [-0.05, 0) is 31.0 Å². The van der Waals surface area contributed by atoms with Gasteiger partial charge < -0.3 is 9.80 Å². The lowest BCUT2D eigenvalue weighted by atomic mass is 10.2. The van der Waals surface area contributed by atoms with Crippen molar-refractivity contribution in [3.63, 3.8) is 0 Å². The van der Waals surface area contributed by atoms with E-state index in [0.29, 0.717) is 19.5 Å². The Morgan fingerprint density at radius 3 is 2.08 bits per heavy atom. The zero-order chi connectivity index (χ0) is 17.8. The Morgan fingerprint density at radius 2 is 1.48 bits per heavy atom. The van der Waals surface area contributed by atoms with Gasteiger partial charge in [-0.1, -0.05) is 48.5 Å². The predicted octanol–water partition coefficient (Wildman–Crippen LogP) is 3.33. The summed E-state index contributed by atoms with van der Waals surface area (Å²) in [6, 6.07) is 19.5. The molecule has 0 aromatic heterocycles. The van der Waals surface area contributed by atoms with Crippen molar-refractivity contribution in [2.45, 2.75) is 19.9 Å². The highest BCUT2D eigenvalue weighted by molar-refractivity contribution is 6.00. The van der Waals surface area contributed by atoms with Crippen molar-refractivity contribution in [2.24, 2.45) is 11.8 Å². The minimum Gasteiger partial charge on any atom is -0.338 e. The number of hydrogen-bond donors (Lipinski definition) is 0. The van der Waals surface area contributed by atoms with Gasteiger partial charge in [0, 0.05) is 25.8 Å². The molecule has 4 heteroatoms. The number of hydrogen-bond acceptors (Lipinski definition) is 2. The molecule has 2 amide bonds. The minimum absolute atomic E-state index is 0.0281. The summed E-state index contributed by atoms with van der Waals surface area (Å²) in [5.41, 5.74) is 1.98. The van der Waals surface area contributed by atoms with Gasteiger partial charge in [0.2, 0.25) is 11.8 Å². The fourth-order valence-electron chi connectivity index (χ4n) is 3.15. The molecule has 0 bridgehead atoms. The van der Waals surface area contributed by atoms with E-state index < -0.39 is 0 Å². The number of nitrogens with zero attached hydrogens (tertiary/aromatic N) is 2. The first kappa shape index (κ1) is 17.2. The van der Waals surface area contributed by atoms with Crippen molar-refractivity contribution in [3.8, 4) is 0 Å². The van der Waals surface area contributed by atoms with Crippen LogP contribution in [0.4, 0.5) is 5.69 Å². The minimum atomic E-state index is -0.192. The Bertz CT molecular complexity index is 730. The lowest BCUT2D eigenvalue weighted by molar-refractivity contribution is -0.134. The molecule has 0 spiro atoms. The van der Waals surface area contributed by atoms with Gasteiger partial charge in [-0.25, -0.2) is 0 Å². The SMILES string of the molecule is CCN(Cc1ccccc1)C(=O)C1CC1C(=O)N(C)c1ccccc1. The predicted molar refractivity (Wildman–Crippen MR) is 99.0 cm³/mol. The quantitative estimate of drug-likeness (QED) is 0.812. The van der Waals surface area contributed by atoms with E-state index in [0.717, 1.165) is 11.3 Å². The van der Waals surface area contributed by atoms with Gasteiger partial charge in [-0.15, -0.1) is 0 Å². The van der Waals surface area contributed by atoms with E-state index in [-0.39, 0.29) is 23.7 Å². The molecule has 3 rings (SSSR count). The van der Waals surface area contributed by atoms with Crippen molar-refractivity contribution in [2.75, 3.05) is 18.5 Å². The Kier molecular flexibility index (Phi) is 5.17. The van der Waals surface area contributed by atoms with Gasteiger partial charge in [0.05, 0.1) is 11.8 Å². The fourth-order valence-corrected chi connectivity index (χ4v) is 3.15. The molecule has 2 unspecified atom stereocenters. The highest BCUT2D eigenvalue weighted by Gasteiger charge is 2.50. The molecule has 4 nitrogen and oxygen atoms in total. The lowest BCUT2D eigenvalue weighted by Gasteiger charge is -2.22. The molecule has 2 aromatic carbocycles. The summed E-state index contributed by atoms with van der Waals surface area (Å²) in [7, 11) is 1.78. The first-order valence-electron chi connectivity index (χ1n) is 8.77. The Hall–Kier alpha value is -2.62. The van der Waals surface area contributed by atoms with E-state index in [9.17, 15) is 9.59 Å². The number of carbonyl (C=O) groups excluding carboxylic acids is 2. The average Bonchev–Trinajstić information content (AvgIpc) is 3.46. The maximum Gasteiger partial charge on any atom is 0.230 e. The second kappa shape index (κ2) is 7.51. The number of benzene rings is 2. The molecule has 1 fully saturated rings. The Morgan fingerprint density at radius 1 is 0.920 bits per heavy atom. The maximum atomic E-state index is 12.8. The van der Waals surface area contributed by atoms with Crippen LogP contribution in [-0.4, -0.2) is 30.3 Å². The van der Waals surface area contributed by atoms with Crippen molar-refractivity contribution < 1.29 is 9.59 Å². The van der Waals surface area contributed by atoms with Crippen molar-refractivity contribution in [3.05, 3.63) is 66.2 Å². The maximum absolute atomic E-state index is 12.8. The number of anilines is 1. The van der Waals surface area contributed by atoms with Crippen LogP contribution in [-0.2, 0) is 16.1 Å². The first-order chi connectivity index (χ1) is 12.1. The summed E-state index contributed by atoms with van der Waals surface area (Å²) >= 11 is 0. The van der Waals surface area contributed by atoms with Crippen LogP contribution in [0.3, 0.4) is 0 Å². The molecule has 1 aliphatic carbocycles. The third kappa shape index (κ3) is 3.90.